The molecule has 0 bridgehead atoms. The number of nitrogens with zero attached hydrogens (tertiary/aromatic N) is 3. The van der Waals surface area contributed by atoms with Gasteiger partial charge in [0.15, 0.2) is 4.80 Å². The summed E-state index contributed by atoms with van der Waals surface area (Å²) in [4.78, 5) is 18.0. The van der Waals surface area contributed by atoms with E-state index in [9.17, 15) is 13.2 Å². The molecular formula is C24H27N3O3S2. The lowest BCUT2D eigenvalue weighted by molar-refractivity contribution is 0.0997. The highest BCUT2D eigenvalue weighted by Crippen LogP contribution is 2.30. The number of allylic oxidation sites excluding steroid dienone is 1. The zero-order chi connectivity index (χ0) is 23.0. The lowest BCUT2D eigenvalue weighted by atomic mass is 10.0. The molecule has 0 spiro atoms. The summed E-state index contributed by atoms with van der Waals surface area (Å²) in [6, 6.07) is 12.4. The molecule has 32 heavy (non-hydrogen) atoms. The van der Waals surface area contributed by atoms with Gasteiger partial charge >= 0.3 is 0 Å². The van der Waals surface area contributed by atoms with Crippen LogP contribution in [0.4, 0.5) is 0 Å². The lowest BCUT2D eigenvalue weighted by Gasteiger charge is -2.16. The predicted octanol–water partition coefficient (Wildman–Crippen LogP) is 4.54. The Labute approximate surface area is 192 Å². The molecule has 0 saturated heterocycles. The van der Waals surface area contributed by atoms with Crippen LogP contribution in [0.25, 0.3) is 10.2 Å². The van der Waals surface area contributed by atoms with Crippen LogP contribution in [0.3, 0.4) is 0 Å². The van der Waals surface area contributed by atoms with E-state index in [1.165, 1.54) is 45.5 Å². The number of aromatic nitrogens is 1. The molecule has 0 radical (unpaired) electrons. The third-order valence-corrected chi connectivity index (χ3v) is 8.69. The van der Waals surface area contributed by atoms with E-state index in [0.717, 1.165) is 23.1 Å². The summed E-state index contributed by atoms with van der Waals surface area (Å²) in [6.45, 7) is 8.66. The highest BCUT2D eigenvalue weighted by Gasteiger charge is 2.35. The van der Waals surface area contributed by atoms with Crippen molar-refractivity contribution in [1.82, 2.24) is 8.87 Å². The Morgan fingerprint density at radius 3 is 2.53 bits per heavy atom. The SMILES string of the molecule is C=CCn1c(=NC(=O)c2ccc(S(=O)(=O)N(C)C3CC3)cc2)sc2cc(C(C)C)ccc21. The first-order valence-electron chi connectivity index (χ1n) is 10.6. The number of carbonyl (C=O) groups excluding carboxylic acids is 1. The van der Waals surface area contributed by atoms with Crippen LogP contribution in [-0.4, -0.2) is 36.3 Å². The quantitative estimate of drug-likeness (QED) is 0.477. The van der Waals surface area contributed by atoms with E-state index in [1.54, 1.807) is 13.1 Å². The number of rotatable bonds is 7. The highest BCUT2D eigenvalue weighted by molar-refractivity contribution is 7.89. The molecule has 1 aromatic heterocycles. The van der Waals surface area contributed by atoms with Gasteiger partial charge in [0.2, 0.25) is 10.0 Å². The average Bonchev–Trinajstić information content (AvgIpc) is 3.57. The van der Waals surface area contributed by atoms with E-state index in [1.807, 2.05) is 4.57 Å². The molecule has 0 aliphatic heterocycles. The van der Waals surface area contributed by atoms with Gasteiger partial charge in [-0.15, -0.1) is 6.58 Å². The molecule has 0 unspecified atom stereocenters. The number of fused-ring (bicyclic) bond motifs is 1. The summed E-state index contributed by atoms with van der Waals surface area (Å²) in [5.74, 6) is 0.00285. The topological polar surface area (TPSA) is 71.7 Å². The number of thiazole rings is 1. The number of benzene rings is 2. The maximum absolute atomic E-state index is 12.9. The molecule has 1 heterocycles. The summed E-state index contributed by atoms with van der Waals surface area (Å²) < 4.78 is 29.8. The Bertz CT molecular complexity index is 1350. The molecule has 8 heteroatoms. The molecule has 0 atom stereocenters. The number of amides is 1. The number of sulfonamides is 1. The van der Waals surface area contributed by atoms with E-state index in [-0.39, 0.29) is 10.9 Å². The Morgan fingerprint density at radius 1 is 1.25 bits per heavy atom. The van der Waals surface area contributed by atoms with E-state index in [2.05, 4.69) is 43.6 Å². The summed E-state index contributed by atoms with van der Waals surface area (Å²) in [7, 11) is -1.94. The first-order valence-corrected chi connectivity index (χ1v) is 12.9. The first-order chi connectivity index (χ1) is 15.2. The highest BCUT2D eigenvalue weighted by atomic mass is 32.2. The fourth-order valence-corrected chi connectivity index (χ4v) is 6.06. The van der Waals surface area contributed by atoms with Crippen LogP contribution < -0.4 is 4.80 Å². The Balaban J connectivity index is 1.68. The van der Waals surface area contributed by atoms with Crippen molar-refractivity contribution in [2.45, 2.75) is 50.1 Å². The van der Waals surface area contributed by atoms with Gasteiger partial charge in [0.05, 0.1) is 15.1 Å². The van der Waals surface area contributed by atoms with Crippen molar-refractivity contribution in [3.63, 3.8) is 0 Å². The maximum atomic E-state index is 12.9. The van der Waals surface area contributed by atoms with Gasteiger partial charge in [-0.3, -0.25) is 4.79 Å². The van der Waals surface area contributed by atoms with Crippen LogP contribution in [-0.2, 0) is 16.6 Å². The second kappa shape index (κ2) is 8.77. The number of carbonyl (C=O) groups is 1. The van der Waals surface area contributed by atoms with Gasteiger partial charge in [-0.1, -0.05) is 37.3 Å². The molecule has 1 aliphatic carbocycles. The van der Waals surface area contributed by atoms with Crippen LogP contribution in [0.15, 0.2) is 65.0 Å². The Morgan fingerprint density at radius 2 is 1.94 bits per heavy atom. The Hall–Kier alpha value is -2.55. The van der Waals surface area contributed by atoms with Gasteiger partial charge in [0.1, 0.15) is 0 Å². The minimum atomic E-state index is -3.54. The summed E-state index contributed by atoms with van der Waals surface area (Å²) in [5, 5.41) is 0. The van der Waals surface area contributed by atoms with Crippen LogP contribution in [0.1, 0.15) is 48.5 Å². The van der Waals surface area contributed by atoms with Gasteiger partial charge in [-0.05, 0) is 60.7 Å². The Kier molecular flexibility index (Phi) is 6.20. The molecule has 2 aromatic carbocycles. The molecule has 3 aromatic rings. The fraction of sp³-hybridized carbons (Fsp3) is 0.333. The second-order valence-electron chi connectivity index (χ2n) is 8.36. The van der Waals surface area contributed by atoms with Crippen molar-refractivity contribution >= 4 is 37.5 Å². The molecule has 1 amide bonds. The van der Waals surface area contributed by atoms with Crippen LogP contribution in [0, 0.1) is 0 Å². The summed E-state index contributed by atoms with van der Waals surface area (Å²) >= 11 is 1.47. The summed E-state index contributed by atoms with van der Waals surface area (Å²) in [6.07, 6.45) is 3.56. The van der Waals surface area contributed by atoms with Gasteiger partial charge in [-0.25, -0.2) is 8.42 Å². The van der Waals surface area contributed by atoms with Crippen molar-refractivity contribution in [2.75, 3.05) is 7.05 Å². The van der Waals surface area contributed by atoms with Crippen molar-refractivity contribution in [3.8, 4) is 0 Å². The monoisotopic (exact) mass is 469 g/mol. The average molecular weight is 470 g/mol. The number of hydrogen-bond acceptors (Lipinski definition) is 4. The van der Waals surface area contributed by atoms with E-state index in [0.29, 0.717) is 22.8 Å². The van der Waals surface area contributed by atoms with Gasteiger partial charge in [0.25, 0.3) is 5.91 Å². The molecule has 0 N–H and O–H groups in total. The predicted molar refractivity (Wildman–Crippen MR) is 128 cm³/mol. The smallest absolute Gasteiger partial charge is 0.279 e. The van der Waals surface area contributed by atoms with Crippen LogP contribution in [0.5, 0.6) is 0 Å². The van der Waals surface area contributed by atoms with Crippen molar-refractivity contribution in [1.29, 1.82) is 0 Å². The zero-order valence-corrected chi connectivity index (χ0v) is 20.1. The second-order valence-corrected chi connectivity index (χ2v) is 11.4. The van der Waals surface area contributed by atoms with Gasteiger partial charge in [-0.2, -0.15) is 9.30 Å². The molecule has 1 fully saturated rings. The minimum Gasteiger partial charge on any atom is -0.312 e. The fourth-order valence-electron chi connectivity index (χ4n) is 3.56. The molecule has 4 rings (SSSR count). The van der Waals surface area contributed by atoms with E-state index in [4.69, 9.17) is 0 Å². The van der Waals surface area contributed by atoms with Crippen molar-refractivity contribution in [3.05, 3.63) is 71.0 Å². The van der Waals surface area contributed by atoms with E-state index < -0.39 is 15.9 Å². The molecule has 1 aliphatic rings. The molecule has 1 saturated carbocycles. The lowest BCUT2D eigenvalue weighted by Crippen LogP contribution is -2.28. The maximum Gasteiger partial charge on any atom is 0.279 e. The third kappa shape index (κ3) is 4.35. The summed E-state index contributed by atoms with van der Waals surface area (Å²) in [5.41, 5.74) is 2.59. The van der Waals surface area contributed by atoms with Crippen molar-refractivity contribution in [2.24, 2.45) is 4.99 Å². The van der Waals surface area contributed by atoms with Gasteiger partial charge in [0, 0.05) is 25.2 Å². The number of hydrogen-bond donors (Lipinski definition) is 0. The molecule has 6 nitrogen and oxygen atoms in total. The van der Waals surface area contributed by atoms with E-state index >= 15 is 0 Å². The molecular weight excluding hydrogens is 442 g/mol. The van der Waals surface area contributed by atoms with Crippen molar-refractivity contribution < 1.29 is 13.2 Å². The third-order valence-electron chi connectivity index (χ3n) is 5.72. The van der Waals surface area contributed by atoms with Gasteiger partial charge < -0.3 is 4.57 Å². The van der Waals surface area contributed by atoms with Crippen LogP contribution in [0.2, 0.25) is 0 Å². The minimum absolute atomic E-state index is 0.0841. The molecule has 168 valence electrons. The normalized spacial score (nSPS) is 15.1. The zero-order valence-electron chi connectivity index (χ0n) is 18.5. The van der Waals surface area contributed by atoms with Crippen LogP contribution >= 0.6 is 11.3 Å². The first kappa shape index (κ1) is 22.6. The largest absolute Gasteiger partial charge is 0.312 e. The standard InChI is InChI=1S/C24H27N3O3S2/c1-5-14-27-21-13-8-18(16(2)3)15-22(21)31-24(27)25-23(28)17-6-11-20(12-7-17)32(29,30)26(4)19-9-10-19/h5-8,11-13,15-16,19H,1,9-10,14H2,2-4H3.